The number of aryl methyl sites for hydroxylation is 4. The molecule has 15 aromatic rings. The van der Waals surface area contributed by atoms with E-state index >= 15 is 0 Å². The SMILES string of the molecule is CC(C)n1cc(-c2ccc(CN3C(=O)C(O)(C(F)(F)F)c4ccccc43)c(F)c2)cn1.CC1C(=O)N(Cc2ccc(-c3cnn(C)c3)cc2F)c2ccccc21.CCn1cc(-c2ccc(CN3C(=O)C(O)(C(F)(F)F)c4ccccc43)c(F)c2)cn1.Cn1cc(-c2ccc(CN3C(=O)C(C)(O)c4ccccc43)c(F)c2)cn1.Cn1cc(-c2ccc(CN3C(=O)C(O)(C(F)(F)F)c4ccccc43)cc2)cn1. The van der Waals surface area contributed by atoms with Gasteiger partial charge in [-0.05, 0) is 128 Å². The highest BCUT2D eigenvalue weighted by atomic mass is 19.4. The van der Waals surface area contributed by atoms with Gasteiger partial charge in [0.1, 0.15) is 23.3 Å². The second kappa shape index (κ2) is 37.8. The highest BCUT2D eigenvalue weighted by Crippen LogP contribution is 2.54. The van der Waals surface area contributed by atoms with Crippen molar-refractivity contribution in [2.24, 2.45) is 21.1 Å². The van der Waals surface area contributed by atoms with Crippen LogP contribution < -0.4 is 24.5 Å². The summed E-state index contributed by atoms with van der Waals surface area (Å²) in [6, 6.07) is 56.2. The first-order valence-electron chi connectivity index (χ1n) is 43.8. The Hall–Kier alpha value is -15.5. The van der Waals surface area contributed by atoms with Gasteiger partial charge in [0, 0.05) is 143 Å². The Morgan fingerprint density at radius 1 is 0.343 bits per heavy atom. The molecule has 0 fully saturated rings. The fourth-order valence-corrected chi connectivity index (χ4v) is 17.4. The molecule has 0 spiro atoms. The lowest BCUT2D eigenvalue weighted by Gasteiger charge is -2.25. The first kappa shape index (κ1) is 97.6. The van der Waals surface area contributed by atoms with Crippen LogP contribution in [0.2, 0.25) is 0 Å². The summed E-state index contributed by atoms with van der Waals surface area (Å²) in [7, 11) is 5.43. The van der Waals surface area contributed by atoms with Gasteiger partial charge >= 0.3 is 18.5 Å². The lowest BCUT2D eigenvalue weighted by Crippen LogP contribution is -2.50. The van der Waals surface area contributed by atoms with E-state index in [-0.39, 0.29) is 71.5 Å². The largest absolute Gasteiger partial charge is 0.430 e. The number of benzene rings is 10. The maximum absolute atomic E-state index is 14.8. The number of hydrogen-bond donors (Lipinski definition) is 4. The van der Waals surface area contributed by atoms with E-state index in [1.165, 1.54) is 103 Å². The number of hydrogen-bond acceptors (Lipinski definition) is 14. The van der Waals surface area contributed by atoms with Crippen LogP contribution in [-0.2, 0) is 107 Å². The summed E-state index contributed by atoms with van der Waals surface area (Å²) in [5, 5.41) is 62.0. The van der Waals surface area contributed by atoms with E-state index in [4.69, 9.17) is 0 Å². The van der Waals surface area contributed by atoms with Crippen molar-refractivity contribution in [1.29, 1.82) is 0 Å². The maximum Gasteiger partial charge on any atom is 0.430 e. The highest BCUT2D eigenvalue weighted by molar-refractivity contribution is 6.10. The predicted octanol–water partition coefficient (Wildman–Crippen LogP) is 18.8. The van der Waals surface area contributed by atoms with Crippen molar-refractivity contribution >= 4 is 58.0 Å². The van der Waals surface area contributed by atoms with E-state index in [1.807, 2.05) is 95.8 Å². The number of carbonyl (C=O) groups excluding carboxylic acids is 5. The molecule has 0 bridgehead atoms. The van der Waals surface area contributed by atoms with E-state index in [0.717, 1.165) is 77.5 Å². The topological polar surface area (TPSA) is 272 Å². The molecule has 5 aromatic heterocycles. The number of carbonyl (C=O) groups is 5. The van der Waals surface area contributed by atoms with Gasteiger partial charge < -0.3 is 44.9 Å². The number of para-hydroxylation sites is 5. The van der Waals surface area contributed by atoms with Gasteiger partial charge in [-0.2, -0.15) is 65.0 Å². The fourth-order valence-electron chi connectivity index (χ4n) is 17.4. The van der Waals surface area contributed by atoms with Crippen LogP contribution in [0, 0.1) is 23.3 Å². The molecule has 37 heteroatoms. The van der Waals surface area contributed by atoms with Gasteiger partial charge in [-0.3, -0.25) is 47.4 Å². The average Bonchev–Trinajstić information content (AvgIpc) is 1.57. The van der Waals surface area contributed by atoms with Gasteiger partial charge in [0.2, 0.25) is 5.91 Å². The third-order valence-electron chi connectivity index (χ3n) is 25.0. The minimum atomic E-state index is -5.21. The number of halogens is 13. The molecule has 5 unspecified atom stereocenters. The summed E-state index contributed by atoms with van der Waals surface area (Å²) in [6.07, 6.45) is 1.74. The summed E-state index contributed by atoms with van der Waals surface area (Å²) in [5.74, 6) is -7.19. The van der Waals surface area contributed by atoms with Gasteiger partial charge in [0.05, 0.1) is 92.4 Å². The number of amides is 5. The first-order valence-corrected chi connectivity index (χ1v) is 43.8. The standard InChI is InChI=1S/C22H19F4N3O2.C21H17F4N3O2.C20H16F3N3O2.C20H18FN3O2.C20H18FN3O/c1-13(2)29-12-16(10-27-29)14-7-8-15(18(23)9-14)11-28-19-6-4-3-5-17(19)21(31,20(28)30)22(24,25)26;1-2-27-11-15(10-26-27)13-7-8-14(17(22)9-13)12-28-18-6-4-3-5-16(18)20(30,19(28)29)21(23,24)25;1-25-12-15(10-24-25)14-8-6-13(7-9-14)11-26-17-5-3-2-4-16(17)19(28,18(26)27)20(21,22)23;1-20(26)16-5-3-4-6-18(16)24(19(20)25)12-14-8-7-13(9-17(14)21)15-10-22-23(2)11-15;1-13-17-5-3-4-6-19(17)24(20(13)25)12-15-8-7-14(9-18(15)21)16-10-22-23(2)11-16/h3-10,12-13,31H,11H2,1-2H3;3-11,30H,2,12H2,1H3;2-10,12,28H,11H2,1H3;3-11,26H,12H2,1-2H3;3-11,13H,12H2,1-2H3. The summed E-state index contributed by atoms with van der Waals surface area (Å²) in [5.41, 5.74) is -2.09. The zero-order valence-corrected chi connectivity index (χ0v) is 75.9. The van der Waals surface area contributed by atoms with E-state index in [1.54, 1.807) is 153 Å². The van der Waals surface area contributed by atoms with Crippen LogP contribution in [0.1, 0.15) is 102 Å². The predicted molar refractivity (Wildman–Crippen MR) is 493 cm³/mol. The second-order valence-electron chi connectivity index (χ2n) is 34.6. The zero-order chi connectivity index (χ0) is 100. The van der Waals surface area contributed by atoms with Gasteiger partial charge in [-0.15, -0.1) is 0 Å². The summed E-state index contributed by atoms with van der Waals surface area (Å²) in [4.78, 5) is 68.6. The van der Waals surface area contributed by atoms with E-state index in [9.17, 15) is 101 Å². The average molecular weight is 1930 g/mol. The minimum Gasteiger partial charge on any atom is -0.375 e. The van der Waals surface area contributed by atoms with Crippen molar-refractivity contribution in [3.63, 3.8) is 0 Å². The van der Waals surface area contributed by atoms with E-state index in [0.29, 0.717) is 56.7 Å². The normalized spacial score (nSPS) is 18.5. The van der Waals surface area contributed by atoms with Crippen LogP contribution in [0.25, 0.3) is 55.6 Å². The number of anilines is 5. The Bertz CT molecular complexity index is 7270. The molecule has 140 heavy (non-hydrogen) atoms. The molecule has 0 radical (unpaired) electrons. The van der Waals surface area contributed by atoms with Crippen molar-refractivity contribution in [3.05, 3.63) is 359 Å². The molecular weight excluding hydrogens is 1840 g/mol. The molecule has 0 saturated heterocycles. The minimum absolute atomic E-state index is 0.0111. The summed E-state index contributed by atoms with van der Waals surface area (Å²) >= 11 is 0. The van der Waals surface area contributed by atoms with Gasteiger partial charge in [0.25, 0.3) is 40.4 Å². The highest BCUT2D eigenvalue weighted by Gasteiger charge is 2.69. The molecule has 5 aliphatic heterocycles. The van der Waals surface area contributed by atoms with Crippen molar-refractivity contribution in [2.45, 2.75) is 127 Å². The van der Waals surface area contributed by atoms with Crippen LogP contribution in [-0.4, -0.2) is 117 Å². The van der Waals surface area contributed by atoms with Crippen LogP contribution in [0.5, 0.6) is 0 Å². The summed E-state index contributed by atoms with van der Waals surface area (Å²) < 4.78 is 189. The molecule has 10 aromatic carbocycles. The molecule has 10 heterocycles. The maximum atomic E-state index is 14.8. The Morgan fingerprint density at radius 2 is 0.643 bits per heavy atom. The Kier molecular flexibility index (Phi) is 26.3. The van der Waals surface area contributed by atoms with Gasteiger partial charge in [-0.1, -0.05) is 164 Å². The molecule has 5 aliphatic rings. The Labute approximate surface area is 791 Å². The third-order valence-corrected chi connectivity index (χ3v) is 25.0. The number of fused-ring (bicyclic) bond motifs is 5. The van der Waals surface area contributed by atoms with Crippen LogP contribution >= 0.6 is 0 Å². The van der Waals surface area contributed by atoms with Crippen molar-refractivity contribution in [1.82, 2.24) is 48.9 Å². The second-order valence-corrected chi connectivity index (χ2v) is 34.6. The van der Waals surface area contributed by atoms with Crippen LogP contribution in [0.15, 0.2) is 280 Å². The van der Waals surface area contributed by atoms with Crippen molar-refractivity contribution in [3.8, 4) is 55.6 Å². The molecule has 5 amide bonds. The Balaban J connectivity index is 0.000000126. The molecule has 20 rings (SSSR count). The fraction of sp³-hybridized carbons (Fsp3) is 0.223. The quantitative estimate of drug-likeness (QED) is 0.0618. The molecule has 24 nitrogen and oxygen atoms in total. The summed E-state index contributed by atoms with van der Waals surface area (Å²) in [6.45, 7) is 9.14. The molecule has 720 valence electrons. The van der Waals surface area contributed by atoms with E-state index < -0.39 is 112 Å². The number of alkyl halides is 9. The number of aliphatic hydroxyl groups is 4. The Morgan fingerprint density at radius 3 is 0.986 bits per heavy atom. The zero-order valence-electron chi connectivity index (χ0n) is 75.9. The van der Waals surface area contributed by atoms with Crippen LogP contribution in [0.4, 0.5) is 85.5 Å². The lowest BCUT2D eigenvalue weighted by atomic mass is 9.95. The smallest absolute Gasteiger partial charge is 0.375 e. The molecule has 0 saturated carbocycles. The third kappa shape index (κ3) is 18.2. The molecule has 4 N–H and O–H groups in total. The first-order chi connectivity index (χ1) is 66.3. The van der Waals surface area contributed by atoms with Gasteiger partial charge in [0.15, 0.2) is 5.60 Å². The van der Waals surface area contributed by atoms with Crippen molar-refractivity contribution in [2.75, 3.05) is 24.5 Å². The number of nitrogens with zero attached hydrogens (tertiary/aromatic N) is 15. The van der Waals surface area contributed by atoms with Crippen LogP contribution in [0.3, 0.4) is 0 Å². The molecule has 5 atom stereocenters. The molecular formula is C103H88F13N15O9. The van der Waals surface area contributed by atoms with Gasteiger partial charge in [-0.25, -0.2) is 17.6 Å². The molecule has 0 aliphatic carbocycles. The number of rotatable bonds is 17. The van der Waals surface area contributed by atoms with E-state index in [2.05, 4.69) is 25.5 Å². The monoisotopic (exact) mass is 1930 g/mol. The number of aromatic nitrogens is 10. The van der Waals surface area contributed by atoms with Crippen molar-refractivity contribution < 1.29 is 101 Å². The lowest BCUT2D eigenvalue weighted by molar-refractivity contribution is -0.253.